The van der Waals surface area contributed by atoms with E-state index in [0.717, 1.165) is 31.6 Å². The largest absolute Gasteiger partial charge is 0.382 e. The molecule has 0 atom stereocenters. The first-order valence-electron chi connectivity index (χ1n) is 7.78. The van der Waals surface area contributed by atoms with Gasteiger partial charge in [-0.3, -0.25) is 0 Å². The number of hydrogen-bond donors (Lipinski definition) is 2. The highest BCUT2D eigenvalue weighted by Crippen LogP contribution is 2.42. The molecule has 2 fully saturated rings. The van der Waals surface area contributed by atoms with Gasteiger partial charge in [0.2, 0.25) is 0 Å². The van der Waals surface area contributed by atoms with Gasteiger partial charge in [0.05, 0.1) is 5.25 Å². The molecule has 0 bridgehead atoms. The van der Waals surface area contributed by atoms with Gasteiger partial charge >= 0.3 is 0 Å². The number of aromatic nitrogens is 1. The van der Waals surface area contributed by atoms with Crippen LogP contribution >= 0.6 is 11.5 Å². The van der Waals surface area contributed by atoms with E-state index in [0.29, 0.717) is 11.0 Å². The summed E-state index contributed by atoms with van der Waals surface area (Å²) in [5.74, 6) is 0.987. The van der Waals surface area contributed by atoms with Crippen molar-refractivity contribution in [3.8, 4) is 0 Å². The van der Waals surface area contributed by atoms with Crippen molar-refractivity contribution in [3.05, 3.63) is 0 Å². The lowest BCUT2D eigenvalue weighted by atomic mass is 9.84. The fourth-order valence-corrected chi connectivity index (χ4v) is 6.06. The molecule has 3 N–H and O–H groups in total. The Hall–Kier alpha value is -0.820. The van der Waals surface area contributed by atoms with E-state index in [1.807, 2.05) is 0 Å². The van der Waals surface area contributed by atoms with E-state index < -0.39 is 9.84 Å². The zero-order valence-electron chi connectivity index (χ0n) is 12.3. The minimum absolute atomic E-state index is 0.164. The molecule has 0 saturated heterocycles. The second-order valence-corrected chi connectivity index (χ2v) is 9.18. The summed E-state index contributed by atoms with van der Waals surface area (Å²) in [5.41, 5.74) is 5.82. The van der Waals surface area contributed by atoms with Crippen molar-refractivity contribution in [1.82, 2.24) is 4.37 Å². The zero-order valence-corrected chi connectivity index (χ0v) is 14.0. The van der Waals surface area contributed by atoms with Gasteiger partial charge in [0, 0.05) is 6.04 Å². The van der Waals surface area contributed by atoms with Crippen molar-refractivity contribution >= 4 is 32.2 Å². The Balaban J connectivity index is 1.75. The lowest BCUT2D eigenvalue weighted by Gasteiger charge is -2.28. The minimum Gasteiger partial charge on any atom is -0.382 e. The number of anilines is 2. The summed E-state index contributed by atoms with van der Waals surface area (Å²) < 4.78 is 29.0. The predicted molar refractivity (Wildman–Crippen MR) is 86.4 cm³/mol. The lowest BCUT2D eigenvalue weighted by Crippen LogP contribution is -2.26. The van der Waals surface area contributed by atoms with Crippen LogP contribution in [-0.2, 0) is 9.84 Å². The van der Waals surface area contributed by atoms with Crippen molar-refractivity contribution in [3.63, 3.8) is 0 Å². The molecule has 1 heterocycles. The summed E-state index contributed by atoms with van der Waals surface area (Å²) in [4.78, 5) is 0.257. The molecular formula is C14H23N3O2S2. The Labute approximate surface area is 130 Å². The molecule has 0 unspecified atom stereocenters. The zero-order chi connectivity index (χ0) is 15.0. The van der Waals surface area contributed by atoms with Crippen LogP contribution in [0.2, 0.25) is 0 Å². The molecule has 0 aliphatic heterocycles. The smallest absolute Gasteiger partial charge is 0.187 e. The van der Waals surface area contributed by atoms with Crippen LogP contribution in [0.15, 0.2) is 4.90 Å². The van der Waals surface area contributed by atoms with E-state index in [2.05, 4.69) is 16.6 Å². The van der Waals surface area contributed by atoms with Crippen molar-refractivity contribution in [2.75, 3.05) is 11.1 Å². The Morgan fingerprint density at radius 3 is 2.48 bits per heavy atom. The van der Waals surface area contributed by atoms with E-state index in [-0.39, 0.29) is 16.0 Å². The average molecular weight is 329 g/mol. The van der Waals surface area contributed by atoms with Crippen LogP contribution < -0.4 is 11.1 Å². The van der Waals surface area contributed by atoms with Gasteiger partial charge in [0.1, 0.15) is 9.90 Å². The number of rotatable bonds is 5. The second kappa shape index (κ2) is 5.76. The molecule has 21 heavy (non-hydrogen) atoms. The number of nitrogens with one attached hydrogen (secondary N) is 1. The molecule has 5 nitrogen and oxygen atoms in total. The Kier molecular flexibility index (Phi) is 4.14. The summed E-state index contributed by atoms with van der Waals surface area (Å²) >= 11 is 1.18. The van der Waals surface area contributed by atoms with Crippen LogP contribution in [0.4, 0.5) is 10.8 Å². The van der Waals surface area contributed by atoms with E-state index in [4.69, 9.17) is 5.73 Å². The van der Waals surface area contributed by atoms with Crippen molar-refractivity contribution in [1.29, 1.82) is 0 Å². The second-order valence-electron chi connectivity index (χ2n) is 6.24. The van der Waals surface area contributed by atoms with E-state index >= 15 is 0 Å². The first-order chi connectivity index (χ1) is 10.0. The fourth-order valence-electron chi connectivity index (χ4n) is 3.11. The Morgan fingerprint density at radius 2 is 1.90 bits per heavy atom. The fraction of sp³-hybridized carbons (Fsp3) is 0.786. The maximum atomic E-state index is 12.5. The molecule has 0 aromatic carbocycles. The first-order valence-corrected chi connectivity index (χ1v) is 10.1. The molecule has 2 saturated carbocycles. The van der Waals surface area contributed by atoms with Crippen LogP contribution in [-0.4, -0.2) is 24.1 Å². The van der Waals surface area contributed by atoms with Gasteiger partial charge in [-0.1, -0.05) is 13.3 Å². The Morgan fingerprint density at radius 1 is 1.24 bits per heavy atom. The third-order valence-corrected chi connectivity index (χ3v) is 7.93. The standard InChI is InChI=1S/C14H23N3O2S2/c1-2-9-3-5-10(6-4-9)16-14-12(13(15)17-20-14)21(18,19)11-7-8-11/h9-11,16H,2-8H2,1H3,(H2,15,17). The van der Waals surface area contributed by atoms with Crippen LogP contribution in [0.3, 0.4) is 0 Å². The molecule has 1 aromatic rings. The molecule has 3 rings (SSSR count). The third-order valence-electron chi connectivity index (χ3n) is 4.68. The highest BCUT2D eigenvalue weighted by molar-refractivity contribution is 7.92. The summed E-state index contributed by atoms with van der Waals surface area (Å²) in [6, 6.07) is 0.348. The SMILES string of the molecule is CCC1CCC(Nc2snc(N)c2S(=O)(=O)C2CC2)CC1. The normalized spacial score (nSPS) is 26.7. The molecule has 0 spiro atoms. The van der Waals surface area contributed by atoms with Gasteiger partial charge in [-0.25, -0.2) is 8.42 Å². The highest BCUT2D eigenvalue weighted by atomic mass is 32.2. The number of sulfone groups is 1. The van der Waals surface area contributed by atoms with E-state index in [9.17, 15) is 8.42 Å². The maximum Gasteiger partial charge on any atom is 0.187 e. The van der Waals surface area contributed by atoms with Crippen LogP contribution in [0.5, 0.6) is 0 Å². The monoisotopic (exact) mass is 329 g/mol. The van der Waals surface area contributed by atoms with Gasteiger partial charge in [0.15, 0.2) is 15.7 Å². The third kappa shape index (κ3) is 3.04. The summed E-state index contributed by atoms with van der Waals surface area (Å²) in [5, 5.41) is 3.81. The molecule has 2 aliphatic carbocycles. The molecule has 118 valence electrons. The van der Waals surface area contributed by atoms with E-state index in [1.165, 1.54) is 30.8 Å². The van der Waals surface area contributed by atoms with Gasteiger partial charge in [0.25, 0.3) is 0 Å². The van der Waals surface area contributed by atoms with Crippen LogP contribution in [0, 0.1) is 5.92 Å². The minimum atomic E-state index is -3.29. The topological polar surface area (TPSA) is 85.1 Å². The van der Waals surface area contributed by atoms with Crippen molar-refractivity contribution in [2.24, 2.45) is 5.92 Å². The van der Waals surface area contributed by atoms with Gasteiger partial charge < -0.3 is 11.1 Å². The lowest BCUT2D eigenvalue weighted by molar-refractivity contribution is 0.330. The quantitative estimate of drug-likeness (QED) is 0.867. The van der Waals surface area contributed by atoms with Gasteiger partial charge in [-0.15, -0.1) is 0 Å². The van der Waals surface area contributed by atoms with Crippen LogP contribution in [0.25, 0.3) is 0 Å². The van der Waals surface area contributed by atoms with E-state index in [1.54, 1.807) is 0 Å². The number of nitrogens with two attached hydrogens (primary N) is 1. The number of nitrogen functional groups attached to an aromatic ring is 1. The Bertz CT molecular complexity index is 600. The van der Waals surface area contributed by atoms with Crippen LogP contribution in [0.1, 0.15) is 51.9 Å². The van der Waals surface area contributed by atoms with Gasteiger partial charge in [-0.05, 0) is 56.0 Å². The number of nitrogens with zero attached hydrogens (tertiary/aromatic N) is 1. The number of hydrogen-bond acceptors (Lipinski definition) is 6. The molecule has 0 amide bonds. The molecule has 2 aliphatic rings. The van der Waals surface area contributed by atoms with Crippen molar-refractivity contribution < 1.29 is 8.42 Å². The first kappa shape index (κ1) is 15.1. The highest BCUT2D eigenvalue weighted by Gasteiger charge is 2.41. The molecular weight excluding hydrogens is 306 g/mol. The molecule has 0 radical (unpaired) electrons. The maximum absolute atomic E-state index is 12.5. The predicted octanol–water partition coefficient (Wildman–Crippen LogP) is 3.04. The average Bonchev–Trinajstić information content (AvgIpc) is 3.25. The molecule has 7 heteroatoms. The summed E-state index contributed by atoms with van der Waals surface area (Å²) in [6.45, 7) is 2.24. The van der Waals surface area contributed by atoms with Gasteiger partial charge in [-0.2, -0.15) is 4.37 Å². The molecule has 1 aromatic heterocycles. The summed E-state index contributed by atoms with van der Waals surface area (Å²) in [7, 11) is -3.29. The van der Waals surface area contributed by atoms with Crippen molar-refractivity contribution in [2.45, 2.75) is 68.1 Å². The summed E-state index contributed by atoms with van der Waals surface area (Å²) in [6.07, 6.45) is 7.36.